The first kappa shape index (κ1) is 17.1. The molecule has 2 aliphatic rings. The van der Waals surface area contributed by atoms with Gasteiger partial charge in [0.25, 0.3) is 0 Å². The third-order valence-electron chi connectivity index (χ3n) is 4.14. The molecule has 5 nitrogen and oxygen atoms in total. The van der Waals surface area contributed by atoms with Gasteiger partial charge >= 0.3 is 5.97 Å². The Morgan fingerprint density at radius 1 is 1.12 bits per heavy atom. The number of esters is 1. The minimum absolute atomic E-state index is 0.0461. The van der Waals surface area contributed by atoms with Crippen molar-refractivity contribution < 1.29 is 9.53 Å². The predicted octanol–water partition coefficient (Wildman–Crippen LogP) is 3.48. The maximum absolute atomic E-state index is 11.9. The summed E-state index contributed by atoms with van der Waals surface area (Å²) in [5.41, 5.74) is 0.528. The first-order chi connectivity index (χ1) is 11.9. The lowest BCUT2D eigenvalue weighted by atomic mass is 9.89. The van der Waals surface area contributed by atoms with Gasteiger partial charge in [-0.25, -0.2) is 4.79 Å². The van der Waals surface area contributed by atoms with E-state index in [1.165, 1.54) is 6.08 Å². The largest absolute Gasteiger partial charge is 0.437 e. The van der Waals surface area contributed by atoms with E-state index in [0.717, 1.165) is 5.69 Å². The van der Waals surface area contributed by atoms with E-state index in [0.29, 0.717) is 11.1 Å². The fourth-order valence-electron chi connectivity index (χ4n) is 2.87. The number of allylic oxidation sites excluding steroid dienone is 2. The van der Waals surface area contributed by atoms with Crippen LogP contribution in [0.1, 0.15) is 5.56 Å². The highest BCUT2D eigenvalue weighted by molar-refractivity contribution is 6.49. The molecule has 0 unspecified atom stereocenters. The predicted molar refractivity (Wildman–Crippen MR) is 94.6 cm³/mol. The zero-order chi connectivity index (χ0) is 18.4. The Labute approximate surface area is 154 Å². The van der Waals surface area contributed by atoms with E-state index in [4.69, 9.17) is 27.9 Å². The number of carbonyl (C=O) groups is 1. The second-order valence-corrected chi connectivity index (χ2v) is 6.47. The van der Waals surface area contributed by atoms with Gasteiger partial charge in [-0.1, -0.05) is 35.3 Å². The van der Waals surface area contributed by atoms with Gasteiger partial charge in [-0.15, -0.1) is 0 Å². The van der Waals surface area contributed by atoms with Crippen molar-refractivity contribution in [1.29, 1.82) is 10.5 Å². The number of halogens is 2. The Hall–Kier alpha value is -2.73. The molecule has 1 aliphatic heterocycles. The molecule has 0 saturated heterocycles. The summed E-state index contributed by atoms with van der Waals surface area (Å²) in [6.07, 6.45) is 1.51. The Morgan fingerprint density at radius 3 is 2.20 bits per heavy atom. The number of ether oxygens (including phenoxy) is 1. The number of anilines is 1. The molecule has 124 valence electrons. The maximum atomic E-state index is 11.9. The second kappa shape index (κ2) is 5.97. The van der Waals surface area contributed by atoms with Crippen LogP contribution in [0.25, 0.3) is 5.57 Å². The Balaban J connectivity index is 2.22. The lowest BCUT2D eigenvalue weighted by molar-refractivity contribution is -0.141. The normalized spacial score (nSPS) is 22.0. The van der Waals surface area contributed by atoms with Crippen molar-refractivity contribution >= 4 is 40.4 Å². The molecule has 25 heavy (non-hydrogen) atoms. The summed E-state index contributed by atoms with van der Waals surface area (Å²) in [5, 5.41) is 18.7. The maximum Gasteiger partial charge on any atom is 0.352 e. The highest BCUT2D eigenvalue weighted by atomic mass is 35.5. The van der Waals surface area contributed by atoms with Crippen molar-refractivity contribution in [3.63, 3.8) is 0 Å². The topological polar surface area (TPSA) is 77.1 Å². The van der Waals surface area contributed by atoms with Crippen molar-refractivity contribution in [2.24, 2.45) is 0 Å². The molecule has 1 aromatic rings. The molecule has 0 amide bonds. The van der Waals surface area contributed by atoms with Crippen molar-refractivity contribution in [2.45, 2.75) is 5.60 Å². The van der Waals surface area contributed by atoms with Gasteiger partial charge in [0.15, 0.2) is 0 Å². The van der Waals surface area contributed by atoms with Crippen LogP contribution in [0.3, 0.4) is 0 Å². The average Bonchev–Trinajstić information content (AvgIpc) is 3.04. The molecule has 1 aliphatic carbocycles. The van der Waals surface area contributed by atoms with E-state index < -0.39 is 11.6 Å². The van der Waals surface area contributed by atoms with Crippen molar-refractivity contribution in [3.8, 4) is 12.1 Å². The molecule has 0 fully saturated rings. The van der Waals surface area contributed by atoms with Gasteiger partial charge in [0.05, 0.1) is 22.2 Å². The molecular weight excluding hydrogens is 361 g/mol. The molecular formula is C18H11Cl2N3O2. The van der Waals surface area contributed by atoms with E-state index in [-0.39, 0.29) is 21.2 Å². The summed E-state index contributed by atoms with van der Waals surface area (Å²) in [5.74, 6) is -0.857. The highest BCUT2D eigenvalue weighted by Crippen LogP contribution is 2.52. The van der Waals surface area contributed by atoms with E-state index >= 15 is 0 Å². The summed E-state index contributed by atoms with van der Waals surface area (Å²) < 4.78 is 5.30. The third-order valence-corrected chi connectivity index (χ3v) is 5.04. The zero-order valence-corrected chi connectivity index (χ0v) is 14.8. The highest BCUT2D eigenvalue weighted by Gasteiger charge is 2.56. The van der Waals surface area contributed by atoms with Crippen LogP contribution in [0.15, 0.2) is 51.6 Å². The summed E-state index contributed by atoms with van der Waals surface area (Å²) in [4.78, 5) is 13.8. The molecule has 0 bridgehead atoms. The SMILES string of the molecule is CN(C)c1ccc(C2=C(C#N)[C@@]3(OC(=O)C(Cl)=C3Cl)C(C#N)=C2)cc1. The Bertz CT molecular complexity index is 960. The molecule has 3 rings (SSSR count). The van der Waals surface area contributed by atoms with Crippen LogP contribution in [0.2, 0.25) is 0 Å². The lowest BCUT2D eigenvalue weighted by Gasteiger charge is -2.24. The number of hydrogen-bond acceptors (Lipinski definition) is 5. The summed E-state index contributed by atoms with van der Waals surface area (Å²) in [6.45, 7) is 0. The van der Waals surface area contributed by atoms with Gasteiger partial charge in [-0.3, -0.25) is 0 Å². The number of hydrogen-bond donors (Lipinski definition) is 0. The van der Waals surface area contributed by atoms with Gasteiger partial charge in [0.2, 0.25) is 5.60 Å². The molecule has 0 saturated carbocycles. The molecule has 1 aromatic carbocycles. The fourth-order valence-corrected chi connectivity index (χ4v) is 3.35. The van der Waals surface area contributed by atoms with Gasteiger partial charge < -0.3 is 9.64 Å². The average molecular weight is 372 g/mol. The molecule has 1 spiro atoms. The van der Waals surface area contributed by atoms with Crippen molar-refractivity contribution in [1.82, 2.24) is 0 Å². The van der Waals surface area contributed by atoms with E-state index in [9.17, 15) is 15.3 Å². The van der Waals surface area contributed by atoms with Crippen LogP contribution in [-0.2, 0) is 9.53 Å². The minimum atomic E-state index is -1.74. The van der Waals surface area contributed by atoms with E-state index in [2.05, 4.69) is 0 Å². The first-order valence-electron chi connectivity index (χ1n) is 7.20. The van der Waals surface area contributed by atoms with Gasteiger partial charge in [-0.05, 0) is 23.8 Å². The van der Waals surface area contributed by atoms with Gasteiger partial charge in [0.1, 0.15) is 11.1 Å². The first-order valence-corrected chi connectivity index (χ1v) is 7.96. The molecule has 1 heterocycles. The van der Waals surface area contributed by atoms with Crippen LogP contribution < -0.4 is 4.90 Å². The van der Waals surface area contributed by atoms with Crippen LogP contribution in [0, 0.1) is 22.7 Å². The fraction of sp³-hybridized carbons (Fsp3) is 0.167. The van der Waals surface area contributed by atoms with Crippen molar-refractivity contribution in [2.75, 3.05) is 19.0 Å². The quantitative estimate of drug-likeness (QED) is 0.743. The molecule has 0 aromatic heterocycles. The summed E-state index contributed by atoms with van der Waals surface area (Å²) >= 11 is 12.1. The monoisotopic (exact) mass is 371 g/mol. The number of rotatable bonds is 2. The number of benzene rings is 1. The molecule has 7 heteroatoms. The minimum Gasteiger partial charge on any atom is -0.437 e. The molecule has 1 atom stereocenters. The zero-order valence-electron chi connectivity index (χ0n) is 13.3. The van der Waals surface area contributed by atoms with Crippen LogP contribution in [-0.4, -0.2) is 25.7 Å². The van der Waals surface area contributed by atoms with E-state index in [1.54, 1.807) is 0 Å². The lowest BCUT2D eigenvalue weighted by Crippen LogP contribution is -2.32. The standard InChI is InChI=1S/C18H11Cl2N3O2/c1-23(2)12-5-3-10(4-6-12)13-7-11(8-21)18(14(13)9-22)16(20)15(19)17(24)25-18/h3-7H,1-2H3/t18-/m0/s1. The third kappa shape index (κ3) is 2.33. The van der Waals surface area contributed by atoms with Gasteiger partial charge in [-0.2, -0.15) is 10.5 Å². The molecule has 0 N–H and O–H groups in total. The number of carbonyl (C=O) groups excluding carboxylic acids is 1. The smallest absolute Gasteiger partial charge is 0.352 e. The van der Waals surface area contributed by atoms with Crippen molar-refractivity contribution in [3.05, 3.63) is 57.1 Å². The summed E-state index contributed by atoms with van der Waals surface area (Å²) in [6, 6.07) is 11.4. The van der Waals surface area contributed by atoms with Gasteiger partial charge in [0, 0.05) is 25.4 Å². The second-order valence-electron chi connectivity index (χ2n) is 5.71. The number of nitrogens with zero attached hydrogens (tertiary/aromatic N) is 3. The number of nitriles is 2. The summed E-state index contributed by atoms with van der Waals surface area (Å²) in [7, 11) is 3.83. The Kier molecular flexibility index (Phi) is 4.08. The van der Waals surface area contributed by atoms with Crippen LogP contribution in [0.4, 0.5) is 5.69 Å². The molecule has 0 radical (unpaired) electrons. The van der Waals surface area contributed by atoms with E-state index in [1.807, 2.05) is 55.4 Å². The van der Waals surface area contributed by atoms with Crippen LogP contribution >= 0.6 is 23.2 Å². The Morgan fingerprint density at radius 2 is 1.76 bits per heavy atom. The van der Waals surface area contributed by atoms with Crippen LogP contribution in [0.5, 0.6) is 0 Å².